The average Bonchev–Trinajstić information content (AvgIpc) is 2.87. The largest absolute Gasteiger partial charge is 0.444 e. The molecule has 8 heteroatoms. The Bertz CT molecular complexity index is 1140. The van der Waals surface area contributed by atoms with Crippen LogP contribution in [0.1, 0.15) is 88.1 Å². The molecule has 2 rings (SSSR count). The molecule has 2 atom stereocenters. The van der Waals surface area contributed by atoms with Crippen LogP contribution < -0.4 is 10.6 Å². The van der Waals surface area contributed by atoms with Crippen LogP contribution in [0, 0.1) is 20.8 Å². The van der Waals surface area contributed by atoms with Gasteiger partial charge in [-0.1, -0.05) is 74.6 Å². The Hall–Kier alpha value is -3.39. The Kier molecular flexibility index (Phi) is 12.6. The van der Waals surface area contributed by atoms with E-state index in [1.54, 1.807) is 20.8 Å². The Morgan fingerprint density at radius 1 is 0.950 bits per heavy atom. The number of hydrogen-bond acceptors (Lipinski definition) is 5. The summed E-state index contributed by atoms with van der Waals surface area (Å²) in [5.74, 6) is -0.911. The highest BCUT2D eigenvalue weighted by atomic mass is 16.6. The lowest BCUT2D eigenvalue weighted by atomic mass is 9.96. The van der Waals surface area contributed by atoms with Crippen LogP contribution >= 0.6 is 0 Å². The van der Waals surface area contributed by atoms with Gasteiger partial charge in [0.05, 0.1) is 6.61 Å². The Labute approximate surface area is 239 Å². The van der Waals surface area contributed by atoms with E-state index in [1.165, 1.54) is 4.90 Å². The molecule has 3 amide bonds. The third-order valence-corrected chi connectivity index (χ3v) is 6.64. The molecule has 0 aliphatic rings. The van der Waals surface area contributed by atoms with E-state index in [1.807, 2.05) is 63.2 Å². The molecule has 0 heterocycles. The first kappa shape index (κ1) is 32.8. The first-order valence-electron chi connectivity index (χ1n) is 14.2. The third-order valence-electron chi connectivity index (χ3n) is 6.64. The number of anilines is 1. The van der Waals surface area contributed by atoms with Crippen molar-refractivity contribution >= 4 is 23.6 Å². The Morgan fingerprint density at radius 2 is 1.62 bits per heavy atom. The number of aryl methyl sites for hydroxylation is 3. The first-order valence-corrected chi connectivity index (χ1v) is 14.2. The van der Waals surface area contributed by atoms with Gasteiger partial charge in [0.2, 0.25) is 5.91 Å². The van der Waals surface area contributed by atoms with Crippen LogP contribution in [-0.2, 0) is 14.3 Å². The van der Waals surface area contributed by atoms with Gasteiger partial charge in [0.1, 0.15) is 17.7 Å². The maximum atomic E-state index is 14.0. The lowest BCUT2D eigenvalue weighted by Gasteiger charge is -2.35. The monoisotopic (exact) mass is 553 g/mol. The number of para-hydroxylation sites is 1. The molecule has 3 N–H and O–H groups in total. The number of hydrogen-bond donors (Lipinski definition) is 3. The number of carbonyl (C=O) groups excluding carboxylic acids is 3. The molecule has 0 aliphatic heterocycles. The molecule has 0 saturated carbocycles. The molecule has 2 unspecified atom stereocenters. The van der Waals surface area contributed by atoms with Crippen LogP contribution in [0.15, 0.2) is 42.5 Å². The van der Waals surface area contributed by atoms with Gasteiger partial charge in [-0.15, -0.1) is 0 Å². The number of ether oxygens (including phenoxy) is 1. The van der Waals surface area contributed by atoms with Gasteiger partial charge < -0.3 is 25.4 Å². The second kappa shape index (κ2) is 15.4. The zero-order chi connectivity index (χ0) is 29.9. The van der Waals surface area contributed by atoms with Gasteiger partial charge >= 0.3 is 6.09 Å². The summed E-state index contributed by atoms with van der Waals surface area (Å²) in [7, 11) is 0. The normalized spacial score (nSPS) is 12.8. The van der Waals surface area contributed by atoms with Gasteiger partial charge in [-0.25, -0.2) is 4.79 Å². The van der Waals surface area contributed by atoms with Gasteiger partial charge in [0.15, 0.2) is 0 Å². The standard InChI is InChI=1S/C32H47N3O5/c1-8-9-10-11-14-19-35(30(38)27(21-36)34-31(39)40-32(5,6)7)28(25-18-17-22(2)20-24(25)4)29(37)33-26-16-13-12-15-23(26)3/h12-13,15-18,20,27-28,36H,8-11,14,19,21H2,1-7H3,(H,33,37)(H,34,39). The quantitative estimate of drug-likeness (QED) is 0.265. The zero-order valence-electron chi connectivity index (χ0n) is 25.2. The summed E-state index contributed by atoms with van der Waals surface area (Å²) in [6.45, 7) is 12.7. The predicted octanol–water partition coefficient (Wildman–Crippen LogP) is 5.98. The van der Waals surface area contributed by atoms with E-state index in [2.05, 4.69) is 17.6 Å². The molecule has 0 bridgehead atoms. The van der Waals surface area contributed by atoms with Gasteiger partial charge in [0, 0.05) is 12.2 Å². The number of amides is 3. The lowest BCUT2D eigenvalue weighted by Crippen LogP contribution is -2.54. The summed E-state index contributed by atoms with van der Waals surface area (Å²) < 4.78 is 5.33. The van der Waals surface area contributed by atoms with Crippen LogP contribution in [0.4, 0.5) is 10.5 Å². The van der Waals surface area contributed by atoms with Crippen LogP contribution in [0.5, 0.6) is 0 Å². The lowest BCUT2D eigenvalue weighted by molar-refractivity contribution is -0.141. The summed E-state index contributed by atoms with van der Waals surface area (Å²) in [5, 5.41) is 15.7. The second-order valence-electron chi connectivity index (χ2n) is 11.4. The third kappa shape index (κ3) is 9.97. The highest BCUT2D eigenvalue weighted by Crippen LogP contribution is 2.29. The molecule has 0 aromatic heterocycles. The van der Waals surface area contributed by atoms with E-state index < -0.39 is 36.3 Å². The van der Waals surface area contributed by atoms with Gasteiger partial charge in [-0.05, 0) is 70.7 Å². The summed E-state index contributed by atoms with van der Waals surface area (Å²) in [6, 6.07) is 11.0. The molecule has 220 valence electrons. The van der Waals surface area contributed by atoms with Gasteiger partial charge in [0.25, 0.3) is 5.91 Å². The van der Waals surface area contributed by atoms with Crippen LogP contribution in [0.25, 0.3) is 0 Å². The minimum absolute atomic E-state index is 0.286. The Morgan fingerprint density at radius 3 is 2.23 bits per heavy atom. The van der Waals surface area contributed by atoms with Gasteiger partial charge in [-0.2, -0.15) is 0 Å². The SMILES string of the molecule is CCCCCCCN(C(=O)C(CO)NC(=O)OC(C)(C)C)C(C(=O)Nc1ccccc1C)c1ccc(C)cc1C. The van der Waals surface area contributed by atoms with Crippen molar-refractivity contribution in [2.45, 2.75) is 98.3 Å². The van der Waals surface area contributed by atoms with Crippen molar-refractivity contribution in [1.82, 2.24) is 10.2 Å². The van der Waals surface area contributed by atoms with Crippen molar-refractivity contribution in [3.63, 3.8) is 0 Å². The molecule has 0 fully saturated rings. The van der Waals surface area contributed by atoms with Crippen LogP contribution in [0.2, 0.25) is 0 Å². The van der Waals surface area contributed by atoms with Gasteiger partial charge in [-0.3, -0.25) is 9.59 Å². The molecule has 40 heavy (non-hydrogen) atoms. The number of benzene rings is 2. The summed E-state index contributed by atoms with van der Waals surface area (Å²) in [4.78, 5) is 42.1. The minimum Gasteiger partial charge on any atom is -0.444 e. The van der Waals surface area contributed by atoms with E-state index in [0.29, 0.717) is 17.7 Å². The molecular formula is C32H47N3O5. The topological polar surface area (TPSA) is 108 Å². The minimum atomic E-state index is -1.27. The number of aliphatic hydroxyl groups is 1. The summed E-state index contributed by atoms with van der Waals surface area (Å²) in [5.41, 5.74) is 3.37. The molecule has 8 nitrogen and oxygen atoms in total. The maximum Gasteiger partial charge on any atom is 0.408 e. The fourth-order valence-electron chi connectivity index (χ4n) is 4.59. The van der Waals surface area contributed by atoms with Crippen molar-refractivity contribution in [3.05, 3.63) is 64.7 Å². The number of unbranched alkanes of at least 4 members (excludes halogenated alkanes) is 4. The smallest absolute Gasteiger partial charge is 0.408 e. The van der Waals surface area contributed by atoms with Crippen molar-refractivity contribution in [2.75, 3.05) is 18.5 Å². The summed E-state index contributed by atoms with van der Waals surface area (Å²) >= 11 is 0. The number of carbonyl (C=O) groups is 3. The van der Waals surface area contributed by atoms with E-state index in [9.17, 15) is 19.5 Å². The van der Waals surface area contributed by atoms with Crippen molar-refractivity contribution in [3.8, 4) is 0 Å². The number of nitrogens with zero attached hydrogens (tertiary/aromatic N) is 1. The molecular weight excluding hydrogens is 506 g/mol. The number of aliphatic hydroxyl groups excluding tert-OH is 1. The van der Waals surface area contributed by atoms with Crippen molar-refractivity contribution < 1.29 is 24.2 Å². The fraction of sp³-hybridized carbons (Fsp3) is 0.531. The molecule has 0 aliphatic carbocycles. The molecule has 2 aromatic rings. The van der Waals surface area contributed by atoms with Crippen molar-refractivity contribution in [2.24, 2.45) is 0 Å². The molecule has 0 spiro atoms. The molecule has 0 saturated heterocycles. The molecule has 2 aromatic carbocycles. The first-order chi connectivity index (χ1) is 18.9. The maximum absolute atomic E-state index is 14.0. The van der Waals surface area contributed by atoms with E-state index in [4.69, 9.17) is 4.74 Å². The number of rotatable bonds is 13. The van der Waals surface area contributed by atoms with E-state index in [-0.39, 0.29) is 12.5 Å². The van der Waals surface area contributed by atoms with Crippen LogP contribution in [-0.4, -0.2) is 52.7 Å². The number of nitrogens with one attached hydrogen (secondary N) is 2. The Balaban J connectivity index is 2.52. The highest BCUT2D eigenvalue weighted by molar-refractivity contribution is 5.99. The molecule has 0 radical (unpaired) electrons. The average molecular weight is 554 g/mol. The summed E-state index contributed by atoms with van der Waals surface area (Å²) in [6.07, 6.45) is 3.94. The predicted molar refractivity (Wildman–Crippen MR) is 159 cm³/mol. The van der Waals surface area contributed by atoms with Crippen molar-refractivity contribution in [1.29, 1.82) is 0 Å². The number of alkyl carbamates (subject to hydrolysis) is 1. The van der Waals surface area contributed by atoms with Crippen LogP contribution in [0.3, 0.4) is 0 Å². The highest BCUT2D eigenvalue weighted by Gasteiger charge is 2.36. The van der Waals surface area contributed by atoms with E-state index in [0.717, 1.165) is 42.4 Å². The zero-order valence-corrected chi connectivity index (χ0v) is 25.2. The second-order valence-corrected chi connectivity index (χ2v) is 11.4. The van der Waals surface area contributed by atoms with E-state index >= 15 is 0 Å². The fourth-order valence-corrected chi connectivity index (χ4v) is 4.59.